The number of hydrogen-bond donors (Lipinski definition) is 0. The van der Waals surface area contributed by atoms with Crippen molar-refractivity contribution in [2.45, 2.75) is 0 Å². The van der Waals surface area contributed by atoms with Crippen molar-refractivity contribution in [3.8, 4) is 0 Å². The molecule has 1 radical (unpaired) electrons. The smallest absolute Gasteiger partial charge is 0.132 e. The highest BCUT2D eigenvalue weighted by atomic mass is 16.4. The van der Waals surface area contributed by atoms with E-state index in [2.05, 4.69) is 15.9 Å². The van der Waals surface area contributed by atoms with Crippen LogP contribution in [0.2, 0.25) is 0 Å². The second-order valence-electron chi connectivity index (χ2n) is 1.40. The van der Waals surface area contributed by atoms with Crippen LogP contribution in [0.1, 0.15) is 0 Å². The third-order valence-corrected chi connectivity index (χ3v) is 0.749. The van der Waals surface area contributed by atoms with E-state index < -0.39 is 0 Å². The topological polar surface area (TPSA) is 26.0 Å². The second-order valence-corrected chi connectivity index (χ2v) is 1.40. The Morgan fingerprint density at radius 2 is 2.00 bits per heavy atom. The van der Waals surface area contributed by atoms with E-state index in [0.29, 0.717) is 0 Å². The Morgan fingerprint density at radius 3 is 3.00 bits per heavy atom. The summed E-state index contributed by atoms with van der Waals surface area (Å²) in [7, 11) is 0. The summed E-state index contributed by atoms with van der Waals surface area (Å²) >= 11 is 0. The molecule has 0 aliphatic heterocycles. The Labute approximate surface area is 53.4 Å². The maximum Gasteiger partial charge on any atom is 0.132 e. The van der Waals surface area contributed by atoms with Crippen LogP contribution in [0, 0.1) is 6.20 Å². The van der Waals surface area contributed by atoms with E-state index in [9.17, 15) is 0 Å². The molecule has 45 valence electrons. The van der Waals surface area contributed by atoms with Gasteiger partial charge in [0.05, 0.1) is 0 Å². The molecular formula is C7H6NO. The van der Waals surface area contributed by atoms with E-state index in [1.165, 1.54) is 6.26 Å². The first-order valence-electron chi connectivity index (χ1n) is 2.60. The molecule has 0 atom stereocenters. The van der Waals surface area contributed by atoms with Crippen LogP contribution in [0.25, 0.3) is 0 Å². The van der Waals surface area contributed by atoms with Gasteiger partial charge in [-0.3, -0.25) is 0 Å². The van der Waals surface area contributed by atoms with Crippen molar-refractivity contribution in [1.82, 2.24) is 5.16 Å². The van der Waals surface area contributed by atoms with E-state index in [4.69, 9.17) is 0 Å². The van der Waals surface area contributed by atoms with E-state index in [1.54, 1.807) is 12.1 Å². The molecule has 1 heterocycles. The van der Waals surface area contributed by atoms with Crippen molar-refractivity contribution >= 4 is 0 Å². The number of rotatable bonds is 0. The van der Waals surface area contributed by atoms with E-state index in [1.807, 2.05) is 18.2 Å². The second kappa shape index (κ2) is 3.66. The van der Waals surface area contributed by atoms with Gasteiger partial charge in [-0.05, 0) is 12.1 Å². The molecule has 0 spiro atoms. The third-order valence-electron chi connectivity index (χ3n) is 0.749. The summed E-state index contributed by atoms with van der Waals surface area (Å²) in [6.07, 6.45) is 4.03. The van der Waals surface area contributed by atoms with Crippen LogP contribution in [0.15, 0.2) is 41.1 Å². The van der Waals surface area contributed by atoms with Gasteiger partial charge < -0.3 is 4.52 Å². The Balaban J connectivity index is 3.04. The monoisotopic (exact) mass is 120 g/mol. The molecule has 1 rings (SSSR count). The highest BCUT2D eigenvalue weighted by Gasteiger charge is 1.60. The van der Waals surface area contributed by atoms with Crippen LogP contribution in [-0.2, 0) is 0 Å². The first-order valence-corrected chi connectivity index (χ1v) is 2.60. The largest absolute Gasteiger partial charge is 0.364 e. The molecule has 0 bridgehead atoms. The van der Waals surface area contributed by atoms with Crippen molar-refractivity contribution in [2.75, 3.05) is 0 Å². The van der Waals surface area contributed by atoms with Crippen LogP contribution >= 0.6 is 0 Å². The van der Waals surface area contributed by atoms with Crippen molar-refractivity contribution in [3.05, 3.63) is 42.8 Å². The Kier molecular flexibility index (Phi) is 2.37. The van der Waals surface area contributed by atoms with Gasteiger partial charge in [0.15, 0.2) is 0 Å². The van der Waals surface area contributed by atoms with Gasteiger partial charge in [0, 0.05) is 0 Å². The standard InChI is InChI=1S/C7H6NO/c1-2-4-6-8-9-7-5-3-1/h1-5,7H. The predicted octanol–water partition coefficient (Wildman–Crippen LogP) is 1.60. The van der Waals surface area contributed by atoms with Gasteiger partial charge >= 0.3 is 0 Å². The number of nitrogens with zero attached hydrogens (tertiary/aromatic N) is 1. The lowest BCUT2D eigenvalue weighted by Gasteiger charge is -1.62. The van der Waals surface area contributed by atoms with Crippen LogP contribution in [0.4, 0.5) is 0 Å². The number of hydrogen-bond acceptors (Lipinski definition) is 2. The van der Waals surface area contributed by atoms with Crippen LogP contribution < -0.4 is 0 Å². The molecule has 9 heavy (non-hydrogen) atoms. The molecule has 0 unspecified atom stereocenters. The SMILES string of the molecule is [c]1ccccccon1. The predicted molar refractivity (Wildman–Crippen MR) is 33.0 cm³/mol. The fourth-order valence-corrected chi connectivity index (χ4v) is 0.399. The summed E-state index contributed by atoms with van der Waals surface area (Å²) in [5, 5.41) is 3.43. The lowest BCUT2D eigenvalue weighted by molar-refractivity contribution is 0.402. The van der Waals surface area contributed by atoms with Crippen LogP contribution in [0.5, 0.6) is 0 Å². The zero-order valence-corrected chi connectivity index (χ0v) is 4.82. The Bertz CT molecular complexity index is 131. The van der Waals surface area contributed by atoms with Gasteiger partial charge in [0.1, 0.15) is 12.5 Å². The summed E-state index contributed by atoms with van der Waals surface area (Å²) in [6.45, 7) is 0. The van der Waals surface area contributed by atoms with Crippen molar-refractivity contribution in [1.29, 1.82) is 0 Å². The molecule has 0 saturated heterocycles. The minimum absolute atomic E-state index is 1.48. The molecule has 0 amide bonds. The highest BCUT2D eigenvalue weighted by molar-refractivity contribution is 4.88. The zero-order chi connectivity index (χ0) is 6.36. The van der Waals surface area contributed by atoms with Gasteiger partial charge in [-0.25, -0.2) is 0 Å². The highest BCUT2D eigenvalue weighted by Crippen LogP contribution is 1.75. The third kappa shape index (κ3) is 2.49. The molecule has 1 aromatic heterocycles. The quantitative estimate of drug-likeness (QED) is 0.519. The Hall–Kier alpha value is -1.31. The molecule has 0 aromatic carbocycles. The average molecular weight is 120 g/mol. The molecular weight excluding hydrogens is 114 g/mol. The first kappa shape index (κ1) is 5.82. The molecule has 0 fully saturated rings. The van der Waals surface area contributed by atoms with Crippen molar-refractivity contribution in [3.63, 3.8) is 0 Å². The molecule has 0 aliphatic rings. The molecule has 1 aromatic rings. The summed E-state index contributed by atoms with van der Waals surface area (Å²) in [5.41, 5.74) is 0. The maximum absolute atomic E-state index is 4.59. The first-order chi connectivity index (χ1) is 4.50. The molecule has 0 saturated carbocycles. The van der Waals surface area contributed by atoms with E-state index >= 15 is 0 Å². The molecule has 0 N–H and O–H groups in total. The van der Waals surface area contributed by atoms with E-state index in [0.717, 1.165) is 0 Å². The van der Waals surface area contributed by atoms with Gasteiger partial charge in [-0.15, -0.1) is 0 Å². The van der Waals surface area contributed by atoms with Gasteiger partial charge in [-0.1, -0.05) is 23.4 Å². The minimum Gasteiger partial charge on any atom is -0.364 e. The van der Waals surface area contributed by atoms with Crippen LogP contribution in [0.3, 0.4) is 0 Å². The summed E-state index contributed by atoms with van der Waals surface area (Å²) < 4.78 is 4.59. The van der Waals surface area contributed by atoms with Crippen LogP contribution in [-0.4, -0.2) is 5.16 Å². The van der Waals surface area contributed by atoms with Crippen molar-refractivity contribution < 1.29 is 4.52 Å². The molecule has 2 nitrogen and oxygen atoms in total. The van der Waals surface area contributed by atoms with Crippen molar-refractivity contribution in [2.24, 2.45) is 0 Å². The lowest BCUT2D eigenvalue weighted by Crippen LogP contribution is -1.53. The molecule has 2 heteroatoms. The lowest BCUT2D eigenvalue weighted by atomic mass is 10.5. The summed E-state index contributed by atoms with van der Waals surface area (Å²) in [6, 6.07) is 8.96. The van der Waals surface area contributed by atoms with E-state index in [-0.39, 0.29) is 0 Å². The van der Waals surface area contributed by atoms with Gasteiger partial charge in [0.25, 0.3) is 0 Å². The molecule has 0 aliphatic carbocycles. The minimum atomic E-state index is 1.48. The summed E-state index contributed by atoms with van der Waals surface area (Å²) in [4.78, 5) is 0. The van der Waals surface area contributed by atoms with Gasteiger partial charge in [-0.2, -0.15) is 0 Å². The fraction of sp³-hybridized carbons (Fsp3) is 0. The van der Waals surface area contributed by atoms with Gasteiger partial charge in [0.2, 0.25) is 0 Å². The fourth-order valence-electron chi connectivity index (χ4n) is 0.399. The normalized spacial score (nSPS) is 8.00. The number of aromatic nitrogens is 1. The summed E-state index contributed by atoms with van der Waals surface area (Å²) in [5.74, 6) is 0. The Morgan fingerprint density at radius 1 is 1.11 bits per heavy atom. The zero-order valence-electron chi connectivity index (χ0n) is 4.82. The maximum atomic E-state index is 4.59. The average Bonchev–Trinajstić information content (AvgIpc) is 2.00.